The molecule has 3 N–H and O–H groups in total. The van der Waals surface area contributed by atoms with Crippen molar-refractivity contribution in [1.82, 2.24) is 10.3 Å². The zero-order chi connectivity index (χ0) is 21.9. The van der Waals surface area contributed by atoms with Crippen molar-refractivity contribution < 1.29 is 19.6 Å². The van der Waals surface area contributed by atoms with Crippen molar-refractivity contribution in [2.75, 3.05) is 24.5 Å². The number of anilines is 1. The molecule has 1 atom stereocenters. The lowest BCUT2D eigenvalue weighted by Crippen LogP contribution is -2.53. The number of aromatic nitrogens is 1. The van der Waals surface area contributed by atoms with E-state index in [1.165, 1.54) is 0 Å². The maximum absolute atomic E-state index is 11.9. The fourth-order valence-electron chi connectivity index (χ4n) is 3.40. The summed E-state index contributed by atoms with van der Waals surface area (Å²) < 4.78 is 5.72. The Morgan fingerprint density at radius 2 is 2.03 bits per heavy atom. The zero-order valence-electron chi connectivity index (χ0n) is 18.0. The highest BCUT2D eigenvalue weighted by Crippen LogP contribution is 2.30. The highest BCUT2D eigenvalue weighted by atomic mass is 16.5. The Bertz CT molecular complexity index is 870. The van der Waals surface area contributed by atoms with E-state index >= 15 is 0 Å². The average Bonchev–Trinajstić information content (AvgIpc) is 2.72. The number of hydrogen-bond acceptors (Lipinski definition) is 7. The van der Waals surface area contributed by atoms with Crippen LogP contribution in [-0.2, 0) is 4.65 Å². The van der Waals surface area contributed by atoms with Crippen LogP contribution in [0.3, 0.4) is 0 Å². The Kier molecular flexibility index (Phi) is 6.62. The SMILES string of the molecule is CC(C)(O)C(C)(C)OB(O)c1ccc(N2CCNCC2c2ccccn2)c(C=O)c1. The van der Waals surface area contributed by atoms with Crippen molar-refractivity contribution in [3.05, 3.63) is 53.9 Å². The molecular formula is C22H30BN3O4. The molecule has 0 saturated carbocycles. The van der Waals surface area contributed by atoms with Crippen molar-refractivity contribution in [2.24, 2.45) is 0 Å². The van der Waals surface area contributed by atoms with Gasteiger partial charge in [0.15, 0.2) is 6.29 Å². The highest BCUT2D eigenvalue weighted by Gasteiger charge is 2.39. The molecule has 1 saturated heterocycles. The van der Waals surface area contributed by atoms with E-state index in [0.717, 1.165) is 37.3 Å². The van der Waals surface area contributed by atoms with Crippen LogP contribution in [0, 0.1) is 0 Å². The fourth-order valence-corrected chi connectivity index (χ4v) is 3.40. The van der Waals surface area contributed by atoms with Crippen molar-refractivity contribution in [3.8, 4) is 0 Å². The first-order valence-corrected chi connectivity index (χ1v) is 10.2. The van der Waals surface area contributed by atoms with Crippen LogP contribution < -0.4 is 15.7 Å². The van der Waals surface area contributed by atoms with Gasteiger partial charge >= 0.3 is 7.12 Å². The molecule has 1 unspecified atom stereocenters. The molecule has 3 rings (SSSR count). The van der Waals surface area contributed by atoms with E-state index in [9.17, 15) is 14.9 Å². The number of aliphatic hydroxyl groups is 1. The number of piperazine rings is 1. The molecule has 0 amide bonds. The number of benzene rings is 1. The van der Waals surface area contributed by atoms with Gasteiger partial charge in [0.1, 0.15) is 0 Å². The molecule has 1 aliphatic rings. The molecule has 1 aromatic heterocycles. The number of nitrogens with zero attached hydrogens (tertiary/aromatic N) is 2. The number of nitrogens with one attached hydrogen (secondary N) is 1. The summed E-state index contributed by atoms with van der Waals surface area (Å²) in [6.45, 7) is 8.93. The molecule has 1 aliphatic heterocycles. The summed E-state index contributed by atoms with van der Waals surface area (Å²) in [5.74, 6) is 0. The van der Waals surface area contributed by atoms with Gasteiger partial charge < -0.3 is 25.0 Å². The lowest BCUT2D eigenvalue weighted by atomic mass is 9.76. The second-order valence-corrected chi connectivity index (χ2v) is 8.64. The second-order valence-electron chi connectivity index (χ2n) is 8.64. The fraction of sp³-hybridized carbons (Fsp3) is 0.455. The summed E-state index contributed by atoms with van der Waals surface area (Å²) >= 11 is 0. The molecule has 0 bridgehead atoms. The zero-order valence-corrected chi connectivity index (χ0v) is 18.0. The molecular weight excluding hydrogens is 381 g/mol. The number of aldehydes is 1. The van der Waals surface area contributed by atoms with Crippen molar-refractivity contribution in [1.29, 1.82) is 0 Å². The Morgan fingerprint density at radius 1 is 1.27 bits per heavy atom. The van der Waals surface area contributed by atoms with E-state index < -0.39 is 18.3 Å². The van der Waals surface area contributed by atoms with Gasteiger partial charge in [-0.3, -0.25) is 9.78 Å². The molecule has 0 spiro atoms. The molecule has 1 fully saturated rings. The predicted octanol–water partition coefficient (Wildman–Crippen LogP) is 1.30. The van der Waals surface area contributed by atoms with E-state index in [1.54, 1.807) is 46.0 Å². The lowest BCUT2D eigenvalue weighted by molar-refractivity contribution is -0.0982. The maximum Gasteiger partial charge on any atom is 0.491 e. The quantitative estimate of drug-likeness (QED) is 0.467. The lowest BCUT2D eigenvalue weighted by Gasteiger charge is -2.39. The Labute approximate surface area is 178 Å². The third-order valence-corrected chi connectivity index (χ3v) is 5.93. The first-order chi connectivity index (χ1) is 14.1. The molecule has 160 valence electrons. The number of pyridine rings is 1. The average molecular weight is 411 g/mol. The number of hydrogen-bond donors (Lipinski definition) is 3. The first-order valence-electron chi connectivity index (χ1n) is 10.2. The third-order valence-electron chi connectivity index (χ3n) is 5.93. The van der Waals surface area contributed by atoms with E-state index in [0.29, 0.717) is 11.0 Å². The number of carbonyl (C=O) groups excluding carboxylic acids is 1. The van der Waals surface area contributed by atoms with Gasteiger partial charge in [0.2, 0.25) is 0 Å². The summed E-state index contributed by atoms with van der Waals surface area (Å²) in [5.41, 5.74) is 0.509. The minimum atomic E-state index is -1.27. The first kappa shape index (κ1) is 22.4. The van der Waals surface area contributed by atoms with E-state index in [2.05, 4.69) is 15.2 Å². The van der Waals surface area contributed by atoms with Crippen LogP contribution >= 0.6 is 0 Å². The van der Waals surface area contributed by atoms with Gasteiger partial charge in [0, 0.05) is 37.1 Å². The van der Waals surface area contributed by atoms with E-state index in [4.69, 9.17) is 4.65 Å². The second kappa shape index (κ2) is 8.85. The monoisotopic (exact) mass is 411 g/mol. The van der Waals surface area contributed by atoms with Gasteiger partial charge in [0.05, 0.1) is 22.9 Å². The van der Waals surface area contributed by atoms with Crippen LogP contribution in [0.15, 0.2) is 42.6 Å². The number of carbonyl (C=O) groups is 1. The predicted molar refractivity (Wildman–Crippen MR) is 118 cm³/mol. The maximum atomic E-state index is 11.9. The molecule has 8 heteroatoms. The Hall–Kier alpha value is -2.26. The highest BCUT2D eigenvalue weighted by molar-refractivity contribution is 6.60. The normalized spacial score (nSPS) is 17.7. The Balaban J connectivity index is 1.89. The van der Waals surface area contributed by atoms with Gasteiger partial charge in [-0.1, -0.05) is 12.1 Å². The summed E-state index contributed by atoms with van der Waals surface area (Å²) in [6, 6.07) is 11.1. The van der Waals surface area contributed by atoms with E-state index in [1.807, 2.05) is 24.3 Å². The molecule has 2 heterocycles. The van der Waals surface area contributed by atoms with Gasteiger partial charge in [-0.2, -0.15) is 0 Å². The van der Waals surface area contributed by atoms with Gasteiger partial charge in [-0.25, -0.2) is 0 Å². The topological polar surface area (TPSA) is 94.9 Å². The van der Waals surface area contributed by atoms with Crippen LogP contribution in [0.1, 0.15) is 49.8 Å². The smallest absolute Gasteiger partial charge is 0.423 e. The standard InChI is InChI=1S/C22H30BN3O4/c1-21(2,28)22(3,4)30-23(29)17-8-9-19(16(13-17)15-27)26-12-11-24-14-20(26)18-7-5-6-10-25-18/h5-10,13,15,20,24,28-29H,11-12,14H2,1-4H3. The van der Waals surface area contributed by atoms with Crippen LogP contribution in [0.2, 0.25) is 0 Å². The molecule has 30 heavy (non-hydrogen) atoms. The molecule has 1 aromatic carbocycles. The molecule has 0 radical (unpaired) electrons. The van der Waals surface area contributed by atoms with Gasteiger partial charge in [-0.05, 0) is 57.4 Å². The van der Waals surface area contributed by atoms with Crippen molar-refractivity contribution in [2.45, 2.75) is 44.9 Å². The third kappa shape index (κ3) is 4.73. The Morgan fingerprint density at radius 3 is 2.67 bits per heavy atom. The molecule has 2 aromatic rings. The van der Waals surface area contributed by atoms with Crippen LogP contribution in [-0.4, -0.2) is 59.4 Å². The summed E-state index contributed by atoms with van der Waals surface area (Å²) in [7, 11) is -1.27. The van der Waals surface area contributed by atoms with Crippen LogP contribution in [0.25, 0.3) is 0 Å². The van der Waals surface area contributed by atoms with Crippen LogP contribution in [0.5, 0.6) is 0 Å². The van der Waals surface area contributed by atoms with Crippen LogP contribution in [0.4, 0.5) is 5.69 Å². The molecule has 7 nitrogen and oxygen atoms in total. The minimum absolute atomic E-state index is 0.000190. The summed E-state index contributed by atoms with van der Waals surface area (Å²) in [6.07, 6.45) is 2.56. The van der Waals surface area contributed by atoms with Gasteiger partial charge in [0.25, 0.3) is 0 Å². The largest absolute Gasteiger partial charge is 0.491 e. The van der Waals surface area contributed by atoms with Gasteiger partial charge in [-0.15, -0.1) is 0 Å². The molecule has 0 aliphatic carbocycles. The van der Waals surface area contributed by atoms with Crippen molar-refractivity contribution in [3.63, 3.8) is 0 Å². The minimum Gasteiger partial charge on any atom is -0.423 e. The van der Waals surface area contributed by atoms with E-state index in [-0.39, 0.29) is 6.04 Å². The summed E-state index contributed by atoms with van der Waals surface area (Å²) in [4.78, 5) is 18.6. The van der Waals surface area contributed by atoms with Crippen molar-refractivity contribution >= 4 is 24.6 Å². The number of rotatable bonds is 7. The summed E-state index contributed by atoms with van der Waals surface area (Å²) in [5, 5.41) is 24.3.